The van der Waals surface area contributed by atoms with Crippen molar-refractivity contribution in [2.75, 3.05) is 49.5 Å². The number of carbonyl (C=O) groups is 1. The highest BCUT2D eigenvalue weighted by atomic mass is 19.1. The van der Waals surface area contributed by atoms with Crippen molar-refractivity contribution < 1.29 is 19.4 Å². The lowest BCUT2D eigenvalue weighted by Crippen LogP contribution is -2.48. The van der Waals surface area contributed by atoms with Crippen molar-refractivity contribution in [2.45, 2.75) is 32.5 Å². The van der Waals surface area contributed by atoms with E-state index in [9.17, 15) is 9.90 Å². The predicted molar refractivity (Wildman–Crippen MR) is 142 cm³/mol. The maximum absolute atomic E-state index is 15.4. The van der Waals surface area contributed by atoms with Gasteiger partial charge in [-0.1, -0.05) is 24.3 Å². The van der Waals surface area contributed by atoms with Crippen molar-refractivity contribution in [2.24, 2.45) is 11.7 Å². The largest absolute Gasteiger partial charge is 0.394 e. The Morgan fingerprint density at radius 1 is 1.26 bits per heavy atom. The minimum atomic E-state index is -0.654. The van der Waals surface area contributed by atoms with Crippen LogP contribution in [0.5, 0.6) is 0 Å². The van der Waals surface area contributed by atoms with E-state index in [0.29, 0.717) is 45.7 Å². The number of hydrogen-bond donors (Lipinski definition) is 4. The summed E-state index contributed by atoms with van der Waals surface area (Å²) >= 11 is 0. The molecule has 1 saturated heterocycles. The summed E-state index contributed by atoms with van der Waals surface area (Å²) in [6, 6.07) is 7.97. The second-order valence-electron chi connectivity index (χ2n) is 9.49. The van der Waals surface area contributed by atoms with E-state index in [2.05, 4.69) is 20.4 Å². The van der Waals surface area contributed by atoms with Gasteiger partial charge in [0.2, 0.25) is 11.7 Å². The smallest absolute Gasteiger partial charge is 0.231 e. The molecule has 3 heterocycles. The van der Waals surface area contributed by atoms with Gasteiger partial charge < -0.3 is 26.2 Å². The fourth-order valence-electron chi connectivity index (χ4n) is 4.68. The Morgan fingerprint density at radius 2 is 2.05 bits per heavy atom. The van der Waals surface area contributed by atoms with E-state index >= 15 is 4.39 Å². The molecule has 2 unspecified atom stereocenters. The summed E-state index contributed by atoms with van der Waals surface area (Å²) in [4.78, 5) is 23.1. The lowest BCUT2D eigenvalue weighted by molar-refractivity contribution is -0.120. The molecule has 11 nitrogen and oxygen atoms in total. The zero-order chi connectivity index (χ0) is 27.1. The highest BCUT2D eigenvalue weighted by molar-refractivity contribution is 5.75. The van der Waals surface area contributed by atoms with E-state index in [1.54, 1.807) is 10.9 Å². The molecule has 204 valence electrons. The molecule has 2 atom stereocenters. The average Bonchev–Trinajstić information content (AvgIpc) is 3.37. The first-order valence-electron chi connectivity index (χ1n) is 12.8. The third kappa shape index (κ3) is 6.82. The molecule has 12 heteroatoms. The number of nitrogens with one attached hydrogen (secondary N) is 1. The predicted octanol–water partition coefficient (Wildman–Crippen LogP) is 1.08. The summed E-state index contributed by atoms with van der Waals surface area (Å²) in [7, 11) is 0. The zero-order valence-corrected chi connectivity index (χ0v) is 21.5. The van der Waals surface area contributed by atoms with Crippen LogP contribution in [0.1, 0.15) is 18.9 Å². The SMILES string of the molecule is CCN(Cc1ccc(-c2cnn(CCO)c2)cc1)c1ncnc(NCC2CCN(CC(N)=O)CC2O)c1F. The number of aromatic nitrogens is 4. The molecule has 3 aromatic rings. The number of amides is 1. The number of piperidine rings is 1. The number of nitrogens with zero attached hydrogens (tertiary/aromatic N) is 6. The van der Waals surface area contributed by atoms with Crippen molar-refractivity contribution in [3.05, 3.63) is 54.4 Å². The van der Waals surface area contributed by atoms with E-state index in [1.807, 2.05) is 47.2 Å². The van der Waals surface area contributed by atoms with Gasteiger partial charge in [-0.2, -0.15) is 9.49 Å². The first-order chi connectivity index (χ1) is 18.4. The van der Waals surface area contributed by atoms with Gasteiger partial charge in [-0.05, 0) is 31.0 Å². The molecular weight excluding hydrogens is 491 g/mol. The molecule has 0 radical (unpaired) electrons. The molecule has 38 heavy (non-hydrogen) atoms. The number of benzene rings is 1. The molecule has 1 fully saturated rings. The van der Waals surface area contributed by atoms with E-state index in [0.717, 1.165) is 16.7 Å². The quantitative estimate of drug-likeness (QED) is 0.272. The number of aliphatic hydroxyl groups excluding tert-OH is 2. The molecule has 1 aromatic carbocycles. The molecule has 0 aliphatic carbocycles. The van der Waals surface area contributed by atoms with Gasteiger partial charge in [-0.3, -0.25) is 14.4 Å². The lowest BCUT2D eigenvalue weighted by atomic mass is 9.93. The minimum Gasteiger partial charge on any atom is -0.394 e. The van der Waals surface area contributed by atoms with Crippen LogP contribution in [0.2, 0.25) is 0 Å². The van der Waals surface area contributed by atoms with Crippen LogP contribution in [-0.2, 0) is 17.9 Å². The molecular formula is C26H35FN8O3. The Hall–Kier alpha value is -3.61. The Labute approximate surface area is 221 Å². The van der Waals surface area contributed by atoms with Gasteiger partial charge in [-0.25, -0.2) is 9.97 Å². The van der Waals surface area contributed by atoms with Crippen LogP contribution in [0.25, 0.3) is 11.1 Å². The van der Waals surface area contributed by atoms with Crippen molar-refractivity contribution in [3.8, 4) is 11.1 Å². The fourth-order valence-corrected chi connectivity index (χ4v) is 4.68. The maximum Gasteiger partial charge on any atom is 0.231 e. The normalized spacial score (nSPS) is 17.9. The number of carbonyl (C=O) groups excluding carboxylic acids is 1. The van der Waals surface area contributed by atoms with E-state index < -0.39 is 17.8 Å². The Morgan fingerprint density at radius 3 is 2.74 bits per heavy atom. The van der Waals surface area contributed by atoms with Crippen molar-refractivity contribution in [1.82, 2.24) is 24.6 Å². The Kier molecular flexibility index (Phi) is 9.21. The van der Waals surface area contributed by atoms with Crippen LogP contribution in [0, 0.1) is 11.7 Å². The van der Waals surface area contributed by atoms with Crippen molar-refractivity contribution in [1.29, 1.82) is 0 Å². The molecule has 1 amide bonds. The van der Waals surface area contributed by atoms with Crippen molar-refractivity contribution >= 4 is 17.5 Å². The van der Waals surface area contributed by atoms with E-state index in [-0.39, 0.29) is 30.7 Å². The van der Waals surface area contributed by atoms with Gasteiger partial charge in [0.1, 0.15) is 6.33 Å². The highest BCUT2D eigenvalue weighted by Gasteiger charge is 2.28. The monoisotopic (exact) mass is 526 g/mol. The van der Waals surface area contributed by atoms with Gasteiger partial charge in [0.05, 0.1) is 32.0 Å². The second-order valence-corrected chi connectivity index (χ2v) is 9.49. The summed E-state index contributed by atoms with van der Waals surface area (Å²) in [5, 5.41) is 26.8. The second kappa shape index (κ2) is 12.8. The standard InChI is InChI=1S/C26H35FN8O3/c1-2-34(13-18-3-5-19(6-4-18)21-12-32-35(14-21)9-10-36)26-24(27)25(30-17-31-26)29-11-20-7-8-33(15-22(20)37)16-23(28)38/h3-6,12,14,17,20,22,36-37H,2,7-11,13,15-16H2,1H3,(H2,28,38)(H,29,30,31). The lowest BCUT2D eigenvalue weighted by Gasteiger charge is -2.35. The van der Waals surface area contributed by atoms with Crippen molar-refractivity contribution in [3.63, 3.8) is 0 Å². The molecule has 0 bridgehead atoms. The number of likely N-dealkylation sites (tertiary alicyclic amines) is 1. The molecule has 0 spiro atoms. The average molecular weight is 527 g/mol. The number of anilines is 2. The molecule has 1 aliphatic rings. The van der Waals surface area contributed by atoms with Crippen LogP contribution in [0.15, 0.2) is 43.0 Å². The molecule has 0 saturated carbocycles. The summed E-state index contributed by atoms with van der Waals surface area (Å²) in [6.07, 6.45) is 4.98. The summed E-state index contributed by atoms with van der Waals surface area (Å²) in [5.41, 5.74) is 8.21. The summed E-state index contributed by atoms with van der Waals surface area (Å²) in [6.45, 7) is 4.87. The zero-order valence-electron chi connectivity index (χ0n) is 21.5. The van der Waals surface area contributed by atoms with E-state index in [1.165, 1.54) is 6.33 Å². The fraction of sp³-hybridized carbons (Fsp3) is 0.462. The first-order valence-corrected chi connectivity index (χ1v) is 12.8. The molecule has 2 aromatic heterocycles. The number of primary amides is 1. The number of β-amino-alcohol motifs (C(OH)–C–C–N with tert-alkyl or cyclic N) is 1. The van der Waals surface area contributed by atoms with Crippen LogP contribution < -0.4 is 16.0 Å². The number of rotatable bonds is 12. The third-order valence-electron chi connectivity index (χ3n) is 6.79. The van der Waals surface area contributed by atoms with Crippen LogP contribution >= 0.6 is 0 Å². The number of nitrogens with two attached hydrogens (primary N) is 1. The summed E-state index contributed by atoms with van der Waals surface area (Å²) < 4.78 is 17.1. The topological polar surface area (TPSA) is 146 Å². The summed E-state index contributed by atoms with van der Waals surface area (Å²) in [5.74, 6) is -0.768. The maximum atomic E-state index is 15.4. The number of halogens is 1. The van der Waals surface area contributed by atoms with Crippen LogP contribution in [-0.4, -0.2) is 86.2 Å². The van der Waals surface area contributed by atoms with Crippen LogP contribution in [0.4, 0.5) is 16.0 Å². The Bertz CT molecular complexity index is 1210. The van der Waals surface area contributed by atoms with Gasteiger partial charge in [0.25, 0.3) is 0 Å². The molecule has 4 rings (SSSR count). The minimum absolute atomic E-state index is 0.0312. The van der Waals surface area contributed by atoms with E-state index in [4.69, 9.17) is 10.8 Å². The molecule has 5 N–H and O–H groups in total. The first kappa shape index (κ1) is 27.4. The van der Waals surface area contributed by atoms with Crippen LogP contribution in [0.3, 0.4) is 0 Å². The third-order valence-corrected chi connectivity index (χ3v) is 6.79. The highest BCUT2D eigenvalue weighted by Crippen LogP contribution is 2.26. The number of hydrogen-bond acceptors (Lipinski definition) is 9. The number of aliphatic hydroxyl groups is 2. The van der Waals surface area contributed by atoms with Gasteiger partial charge in [0, 0.05) is 43.9 Å². The van der Waals surface area contributed by atoms with Gasteiger partial charge in [0.15, 0.2) is 11.6 Å². The molecule has 1 aliphatic heterocycles. The van der Waals surface area contributed by atoms with Gasteiger partial charge in [-0.15, -0.1) is 0 Å². The Balaban J connectivity index is 1.38. The van der Waals surface area contributed by atoms with Gasteiger partial charge >= 0.3 is 0 Å².